The summed E-state index contributed by atoms with van der Waals surface area (Å²) in [6, 6.07) is 13.2. The van der Waals surface area contributed by atoms with Gasteiger partial charge >= 0.3 is 5.97 Å². The molecule has 0 radical (unpaired) electrons. The lowest BCUT2D eigenvalue weighted by Crippen LogP contribution is -2.36. The van der Waals surface area contributed by atoms with Crippen LogP contribution in [-0.2, 0) is 19.7 Å². The molecule has 23 heavy (non-hydrogen) atoms. The van der Waals surface area contributed by atoms with Crippen LogP contribution < -0.4 is 5.32 Å². The first-order valence-electron chi connectivity index (χ1n) is 7.47. The summed E-state index contributed by atoms with van der Waals surface area (Å²) in [7, 11) is 0. The lowest BCUT2D eigenvalue weighted by molar-refractivity contribution is -0.153. The van der Waals surface area contributed by atoms with E-state index >= 15 is 0 Å². The lowest BCUT2D eigenvalue weighted by atomic mass is 9.85. The SMILES string of the molecule is CC(NC(=O)COC(=O)C(C)(C)c1ccccc1)c1cccs1. The van der Waals surface area contributed by atoms with E-state index in [1.807, 2.05) is 54.8 Å². The molecule has 1 atom stereocenters. The van der Waals surface area contributed by atoms with Crippen LogP contribution in [0.2, 0.25) is 0 Å². The summed E-state index contributed by atoms with van der Waals surface area (Å²) in [6.45, 7) is 5.21. The Labute approximate surface area is 140 Å². The third-order valence-corrected chi connectivity index (χ3v) is 4.74. The van der Waals surface area contributed by atoms with Gasteiger partial charge in [0.05, 0.1) is 11.5 Å². The first kappa shape index (κ1) is 17.2. The topological polar surface area (TPSA) is 55.4 Å². The molecule has 1 unspecified atom stereocenters. The number of ether oxygens (including phenoxy) is 1. The normalized spacial score (nSPS) is 12.5. The van der Waals surface area contributed by atoms with Gasteiger partial charge in [0.25, 0.3) is 5.91 Å². The van der Waals surface area contributed by atoms with Gasteiger partial charge in [-0.25, -0.2) is 0 Å². The van der Waals surface area contributed by atoms with E-state index in [9.17, 15) is 9.59 Å². The molecule has 0 spiro atoms. The summed E-state index contributed by atoms with van der Waals surface area (Å²) in [5.74, 6) is -0.717. The van der Waals surface area contributed by atoms with Crippen molar-refractivity contribution >= 4 is 23.2 Å². The first-order valence-corrected chi connectivity index (χ1v) is 8.34. The lowest BCUT2D eigenvalue weighted by Gasteiger charge is -2.23. The van der Waals surface area contributed by atoms with Crippen molar-refractivity contribution in [1.82, 2.24) is 5.32 Å². The van der Waals surface area contributed by atoms with Crippen molar-refractivity contribution in [1.29, 1.82) is 0 Å². The van der Waals surface area contributed by atoms with Gasteiger partial charge in [-0.1, -0.05) is 36.4 Å². The van der Waals surface area contributed by atoms with Crippen molar-refractivity contribution in [2.45, 2.75) is 32.2 Å². The molecule has 122 valence electrons. The fourth-order valence-electron chi connectivity index (χ4n) is 2.18. The van der Waals surface area contributed by atoms with Gasteiger partial charge in [0, 0.05) is 4.88 Å². The minimum Gasteiger partial charge on any atom is -0.455 e. The molecule has 1 amide bonds. The molecule has 0 aliphatic heterocycles. The maximum Gasteiger partial charge on any atom is 0.316 e. The molecule has 4 nitrogen and oxygen atoms in total. The molecule has 0 saturated heterocycles. The third kappa shape index (κ3) is 4.42. The smallest absolute Gasteiger partial charge is 0.316 e. The van der Waals surface area contributed by atoms with Gasteiger partial charge < -0.3 is 10.1 Å². The Kier molecular flexibility index (Phi) is 5.55. The summed E-state index contributed by atoms with van der Waals surface area (Å²) >= 11 is 1.58. The molecule has 1 N–H and O–H groups in total. The number of amides is 1. The molecule has 2 rings (SSSR count). The van der Waals surface area contributed by atoms with Crippen LogP contribution in [0.25, 0.3) is 0 Å². The molecule has 0 saturated carbocycles. The third-order valence-electron chi connectivity index (χ3n) is 3.69. The van der Waals surface area contributed by atoms with Gasteiger partial charge in [0.1, 0.15) is 0 Å². The fraction of sp³-hybridized carbons (Fsp3) is 0.333. The number of carbonyl (C=O) groups excluding carboxylic acids is 2. The second kappa shape index (κ2) is 7.42. The Morgan fingerprint density at radius 2 is 1.87 bits per heavy atom. The number of hydrogen-bond acceptors (Lipinski definition) is 4. The zero-order chi connectivity index (χ0) is 16.9. The molecule has 0 aliphatic carbocycles. The molecule has 1 heterocycles. The van der Waals surface area contributed by atoms with Gasteiger partial charge in [-0.3, -0.25) is 9.59 Å². The van der Waals surface area contributed by atoms with Crippen LogP contribution >= 0.6 is 11.3 Å². The summed E-state index contributed by atoms with van der Waals surface area (Å²) < 4.78 is 5.19. The van der Waals surface area contributed by atoms with Crippen LogP contribution in [0.3, 0.4) is 0 Å². The van der Waals surface area contributed by atoms with Crippen molar-refractivity contribution < 1.29 is 14.3 Å². The second-order valence-electron chi connectivity index (χ2n) is 5.87. The number of carbonyl (C=O) groups is 2. The molecule has 0 bridgehead atoms. The number of rotatable bonds is 6. The Morgan fingerprint density at radius 1 is 1.17 bits per heavy atom. The van der Waals surface area contributed by atoms with E-state index in [1.165, 1.54) is 0 Å². The highest BCUT2D eigenvalue weighted by atomic mass is 32.1. The van der Waals surface area contributed by atoms with Gasteiger partial charge in [-0.15, -0.1) is 11.3 Å². The Balaban J connectivity index is 1.87. The molecular formula is C18H21NO3S. The van der Waals surface area contributed by atoms with E-state index in [4.69, 9.17) is 4.74 Å². The molecular weight excluding hydrogens is 310 g/mol. The standard InChI is InChI=1S/C18H21NO3S/c1-13(15-10-7-11-23-15)19-16(20)12-22-17(21)18(2,3)14-8-5-4-6-9-14/h4-11,13H,12H2,1-3H3,(H,19,20). The Bertz CT molecular complexity index is 650. The fourth-order valence-corrected chi connectivity index (χ4v) is 2.91. The van der Waals surface area contributed by atoms with E-state index in [2.05, 4.69) is 5.32 Å². The van der Waals surface area contributed by atoms with E-state index in [0.717, 1.165) is 10.4 Å². The van der Waals surface area contributed by atoms with Crippen LogP contribution in [0.15, 0.2) is 47.8 Å². The number of benzene rings is 1. The van der Waals surface area contributed by atoms with Crippen molar-refractivity contribution in [3.8, 4) is 0 Å². The van der Waals surface area contributed by atoms with Gasteiger partial charge in [0.15, 0.2) is 6.61 Å². The molecule has 2 aromatic rings. The van der Waals surface area contributed by atoms with Crippen molar-refractivity contribution in [3.63, 3.8) is 0 Å². The predicted octanol–water partition coefficient (Wildman–Crippen LogP) is 3.45. The predicted molar refractivity (Wildman–Crippen MR) is 91.3 cm³/mol. The number of esters is 1. The Morgan fingerprint density at radius 3 is 2.48 bits per heavy atom. The van der Waals surface area contributed by atoms with Crippen molar-refractivity contribution in [2.75, 3.05) is 6.61 Å². The van der Waals surface area contributed by atoms with E-state index in [-0.39, 0.29) is 18.6 Å². The van der Waals surface area contributed by atoms with Crippen LogP contribution in [0.5, 0.6) is 0 Å². The highest BCUT2D eigenvalue weighted by molar-refractivity contribution is 7.10. The Hall–Kier alpha value is -2.14. The molecule has 1 aromatic heterocycles. The average Bonchev–Trinajstić information content (AvgIpc) is 3.08. The second-order valence-corrected chi connectivity index (χ2v) is 6.85. The number of nitrogens with one attached hydrogen (secondary N) is 1. The molecule has 5 heteroatoms. The summed E-state index contributed by atoms with van der Waals surface area (Å²) in [5.41, 5.74) is 0.0679. The number of hydrogen-bond donors (Lipinski definition) is 1. The zero-order valence-electron chi connectivity index (χ0n) is 13.5. The largest absolute Gasteiger partial charge is 0.455 e. The zero-order valence-corrected chi connectivity index (χ0v) is 14.4. The van der Waals surface area contributed by atoms with Gasteiger partial charge in [-0.05, 0) is 37.8 Å². The summed E-state index contributed by atoms with van der Waals surface area (Å²) in [6.07, 6.45) is 0. The monoisotopic (exact) mass is 331 g/mol. The van der Waals surface area contributed by atoms with Crippen LogP contribution in [0.1, 0.15) is 37.3 Å². The van der Waals surface area contributed by atoms with Crippen LogP contribution in [0, 0.1) is 0 Å². The maximum absolute atomic E-state index is 12.3. The van der Waals surface area contributed by atoms with Gasteiger partial charge in [0.2, 0.25) is 0 Å². The minimum atomic E-state index is -0.791. The first-order chi connectivity index (χ1) is 10.9. The van der Waals surface area contributed by atoms with E-state index < -0.39 is 11.4 Å². The quantitative estimate of drug-likeness (QED) is 0.825. The summed E-state index contributed by atoms with van der Waals surface area (Å²) in [4.78, 5) is 25.3. The van der Waals surface area contributed by atoms with Crippen molar-refractivity contribution in [3.05, 3.63) is 58.3 Å². The molecule has 0 aliphatic rings. The van der Waals surface area contributed by atoms with Crippen LogP contribution in [0.4, 0.5) is 0 Å². The summed E-state index contributed by atoms with van der Waals surface area (Å²) in [5, 5.41) is 4.78. The van der Waals surface area contributed by atoms with Crippen LogP contribution in [-0.4, -0.2) is 18.5 Å². The number of thiophene rings is 1. The average molecular weight is 331 g/mol. The van der Waals surface area contributed by atoms with Gasteiger partial charge in [-0.2, -0.15) is 0 Å². The van der Waals surface area contributed by atoms with E-state index in [1.54, 1.807) is 25.2 Å². The molecule has 1 aromatic carbocycles. The molecule has 0 fully saturated rings. The minimum absolute atomic E-state index is 0.0941. The van der Waals surface area contributed by atoms with E-state index in [0.29, 0.717) is 0 Å². The maximum atomic E-state index is 12.3. The highest BCUT2D eigenvalue weighted by Gasteiger charge is 2.31. The van der Waals surface area contributed by atoms with Crippen molar-refractivity contribution in [2.24, 2.45) is 0 Å². The highest BCUT2D eigenvalue weighted by Crippen LogP contribution is 2.24.